The van der Waals surface area contributed by atoms with Crippen LogP contribution in [0.25, 0.3) is 6.08 Å². The van der Waals surface area contributed by atoms with Gasteiger partial charge in [-0.25, -0.2) is 0 Å². The molecule has 31 heavy (non-hydrogen) atoms. The van der Waals surface area contributed by atoms with Gasteiger partial charge in [0.2, 0.25) is 5.91 Å². The van der Waals surface area contributed by atoms with Crippen LogP contribution in [0.4, 0.5) is 0 Å². The van der Waals surface area contributed by atoms with E-state index in [1.807, 2.05) is 42.5 Å². The molecule has 1 amide bonds. The summed E-state index contributed by atoms with van der Waals surface area (Å²) in [6.07, 6.45) is 5.40. The Bertz CT molecular complexity index is 930. The van der Waals surface area contributed by atoms with Gasteiger partial charge in [-0.15, -0.1) is 0 Å². The summed E-state index contributed by atoms with van der Waals surface area (Å²) in [5.74, 6) is -0.0361. The van der Waals surface area contributed by atoms with E-state index in [0.717, 1.165) is 50.3 Å². The van der Waals surface area contributed by atoms with Gasteiger partial charge in [0.15, 0.2) is 0 Å². The molecule has 0 N–H and O–H groups in total. The SMILES string of the molecule is O=C(C(c1ccccc1)c1ccccc1)N1CCCN(CC=Cc2ccccc2)CC1. The summed E-state index contributed by atoms with van der Waals surface area (Å²) in [7, 11) is 0. The molecule has 1 aliphatic heterocycles. The Labute approximate surface area is 185 Å². The van der Waals surface area contributed by atoms with Crippen molar-refractivity contribution in [2.24, 2.45) is 0 Å². The molecule has 0 atom stereocenters. The number of carbonyl (C=O) groups excluding carboxylic acids is 1. The molecular weight excluding hydrogens is 380 g/mol. The van der Waals surface area contributed by atoms with Crippen LogP contribution in [0.5, 0.6) is 0 Å². The monoisotopic (exact) mass is 410 g/mol. The van der Waals surface area contributed by atoms with Gasteiger partial charge in [-0.05, 0) is 23.1 Å². The maximum atomic E-state index is 13.7. The van der Waals surface area contributed by atoms with Gasteiger partial charge in [0.1, 0.15) is 0 Å². The fourth-order valence-electron chi connectivity index (χ4n) is 4.23. The average Bonchev–Trinajstić information content (AvgIpc) is 3.07. The van der Waals surface area contributed by atoms with Gasteiger partial charge >= 0.3 is 0 Å². The first-order chi connectivity index (χ1) is 15.3. The van der Waals surface area contributed by atoms with Crippen LogP contribution in [-0.2, 0) is 4.79 Å². The first-order valence-electron chi connectivity index (χ1n) is 11.1. The van der Waals surface area contributed by atoms with Crippen LogP contribution >= 0.6 is 0 Å². The fourth-order valence-corrected chi connectivity index (χ4v) is 4.23. The highest BCUT2D eigenvalue weighted by Crippen LogP contribution is 2.27. The van der Waals surface area contributed by atoms with Crippen molar-refractivity contribution in [2.45, 2.75) is 12.3 Å². The van der Waals surface area contributed by atoms with Gasteiger partial charge in [-0.1, -0.05) is 103 Å². The fraction of sp³-hybridized carbons (Fsp3) is 0.250. The van der Waals surface area contributed by atoms with Crippen molar-refractivity contribution in [3.8, 4) is 0 Å². The summed E-state index contributed by atoms with van der Waals surface area (Å²) in [6.45, 7) is 4.42. The molecule has 0 saturated carbocycles. The Morgan fingerprint density at radius 1 is 0.742 bits per heavy atom. The largest absolute Gasteiger partial charge is 0.341 e. The van der Waals surface area contributed by atoms with Crippen LogP contribution in [0, 0.1) is 0 Å². The molecule has 1 aliphatic rings. The van der Waals surface area contributed by atoms with E-state index in [0.29, 0.717) is 0 Å². The van der Waals surface area contributed by atoms with E-state index in [4.69, 9.17) is 0 Å². The van der Waals surface area contributed by atoms with Crippen LogP contribution < -0.4 is 0 Å². The molecule has 4 rings (SSSR count). The zero-order chi connectivity index (χ0) is 21.3. The summed E-state index contributed by atoms with van der Waals surface area (Å²) < 4.78 is 0. The number of hydrogen-bond acceptors (Lipinski definition) is 2. The molecule has 158 valence electrons. The minimum Gasteiger partial charge on any atom is -0.341 e. The molecule has 0 aromatic heterocycles. The van der Waals surface area contributed by atoms with E-state index in [-0.39, 0.29) is 11.8 Å². The van der Waals surface area contributed by atoms with Crippen LogP contribution in [0.1, 0.15) is 29.0 Å². The predicted octanol–water partition coefficient (Wildman–Crippen LogP) is 5.07. The highest BCUT2D eigenvalue weighted by Gasteiger charge is 2.28. The minimum atomic E-state index is -0.244. The smallest absolute Gasteiger partial charge is 0.234 e. The lowest BCUT2D eigenvalue weighted by Crippen LogP contribution is -2.38. The average molecular weight is 411 g/mol. The van der Waals surface area contributed by atoms with Crippen molar-refractivity contribution in [3.05, 3.63) is 114 Å². The Morgan fingerprint density at radius 2 is 1.32 bits per heavy atom. The second kappa shape index (κ2) is 10.7. The summed E-state index contributed by atoms with van der Waals surface area (Å²) in [4.78, 5) is 18.1. The lowest BCUT2D eigenvalue weighted by atomic mass is 9.90. The zero-order valence-corrected chi connectivity index (χ0v) is 17.9. The quantitative estimate of drug-likeness (QED) is 0.567. The molecule has 0 spiro atoms. The molecule has 3 aromatic carbocycles. The topological polar surface area (TPSA) is 23.6 Å². The molecular formula is C28H30N2O. The Hall–Kier alpha value is -3.17. The van der Waals surface area contributed by atoms with Gasteiger partial charge in [-0.3, -0.25) is 9.69 Å². The number of hydrogen-bond donors (Lipinski definition) is 0. The number of benzene rings is 3. The van der Waals surface area contributed by atoms with Gasteiger partial charge < -0.3 is 4.90 Å². The second-order valence-electron chi connectivity index (χ2n) is 8.05. The molecule has 0 radical (unpaired) electrons. The maximum Gasteiger partial charge on any atom is 0.234 e. The van der Waals surface area contributed by atoms with E-state index >= 15 is 0 Å². The van der Waals surface area contributed by atoms with E-state index < -0.39 is 0 Å². The third kappa shape index (κ3) is 5.71. The summed E-state index contributed by atoms with van der Waals surface area (Å²) in [5, 5.41) is 0. The lowest BCUT2D eigenvalue weighted by molar-refractivity contribution is -0.131. The first-order valence-corrected chi connectivity index (χ1v) is 11.1. The normalized spacial score (nSPS) is 15.3. The molecule has 3 aromatic rings. The highest BCUT2D eigenvalue weighted by atomic mass is 16.2. The minimum absolute atomic E-state index is 0.207. The van der Waals surface area contributed by atoms with Crippen molar-refractivity contribution in [1.29, 1.82) is 0 Å². The van der Waals surface area contributed by atoms with E-state index in [2.05, 4.69) is 70.5 Å². The number of nitrogens with zero attached hydrogens (tertiary/aromatic N) is 2. The standard InChI is InChI=1S/C28H30N2O/c31-28(27(25-15-6-2-7-16-25)26-17-8-3-9-18-26)30-21-11-20-29(22-23-30)19-10-14-24-12-4-1-5-13-24/h1-10,12-18,27H,11,19-23H2. The lowest BCUT2D eigenvalue weighted by Gasteiger charge is -2.27. The third-order valence-corrected chi connectivity index (χ3v) is 5.89. The van der Waals surface area contributed by atoms with Gasteiger partial charge in [0.25, 0.3) is 0 Å². The molecule has 3 nitrogen and oxygen atoms in total. The summed E-state index contributed by atoms with van der Waals surface area (Å²) in [6, 6.07) is 30.7. The van der Waals surface area contributed by atoms with Crippen molar-refractivity contribution < 1.29 is 4.79 Å². The van der Waals surface area contributed by atoms with Crippen LogP contribution in [0.3, 0.4) is 0 Å². The van der Waals surface area contributed by atoms with Crippen LogP contribution in [0.15, 0.2) is 97.1 Å². The van der Waals surface area contributed by atoms with Gasteiger partial charge in [-0.2, -0.15) is 0 Å². The third-order valence-electron chi connectivity index (χ3n) is 5.89. The molecule has 1 fully saturated rings. The Balaban J connectivity index is 1.42. The van der Waals surface area contributed by atoms with E-state index in [9.17, 15) is 4.79 Å². The maximum absolute atomic E-state index is 13.7. The van der Waals surface area contributed by atoms with Gasteiger partial charge in [0.05, 0.1) is 5.92 Å². The first kappa shape index (κ1) is 21.1. The van der Waals surface area contributed by atoms with E-state index in [1.54, 1.807) is 0 Å². The van der Waals surface area contributed by atoms with Gasteiger partial charge in [0, 0.05) is 32.7 Å². The van der Waals surface area contributed by atoms with Crippen molar-refractivity contribution in [3.63, 3.8) is 0 Å². The van der Waals surface area contributed by atoms with Crippen LogP contribution in [-0.4, -0.2) is 48.4 Å². The molecule has 0 aliphatic carbocycles. The molecule has 0 bridgehead atoms. The predicted molar refractivity (Wildman–Crippen MR) is 128 cm³/mol. The number of amides is 1. The zero-order valence-electron chi connectivity index (χ0n) is 17.9. The highest BCUT2D eigenvalue weighted by molar-refractivity contribution is 5.87. The number of rotatable bonds is 6. The van der Waals surface area contributed by atoms with Crippen LogP contribution in [0.2, 0.25) is 0 Å². The van der Waals surface area contributed by atoms with Crippen molar-refractivity contribution in [2.75, 3.05) is 32.7 Å². The molecule has 0 unspecified atom stereocenters. The number of carbonyl (C=O) groups is 1. The summed E-state index contributed by atoms with van der Waals surface area (Å²) in [5.41, 5.74) is 3.35. The second-order valence-corrected chi connectivity index (χ2v) is 8.05. The molecule has 1 heterocycles. The summed E-state index contributed by atoms with van der Waals surface area (Å²) >= 11 is 0. The Kier molecular flexibility index (Phi) is 7.30. The molecule has 1 saturated heterocycles. The van der Waals surface area contributed by atoms with E-state index in [1.165, 1.54) is 5.56 Å². The van der Waals surface area contributed by atoms with Crippen molar-refractivity contribution in [1.82, 2.24) is 9.80 Å². The Morgan fingerprint density at radius 3 is 1.94 bits per heavy atom. The van der Waals surface area contributed by atoms with Crippen molar-refractivity contribution >= 4 is 12.0 Å². The molecule has 3 heteroatoms.